The molecule has 1 aliphatic rings. The molecule has 0 bridgehead atoms. The quantitative estimate of drug-likeness (QED) is 0.916. The Balaban J connectivity index is 2.01. The Hall–Kier alpha value is -2.49. The number of carbonyl (C=O) groups is 1. The van der Waals surface area contributed by atoms with Crippen LogP contribution in [-0.4, -0.2) is 24.3 Å². The van der Waals surface area contributed by atoms with Gasteiger partial charge in [-0.2, -0.15) is 0 Å². The predicted octanol–water partition coefficient (Wildman–Crippen LogP) is 3.52. The molecule has 1 aliphatic heterocycles. The van der Waals surface area contributed by atoms with E-state index in [0.29, 0.717) is 18.8 Å². The van der Waals surface area contributed by atoms with Crippen molar-refractivity contribution in [2.75, 3.05) is 13.2 Å². The van der Waals surface area contributed by atoms with Gasteiger partial charge in [-0.3, -0.25) is 0 Å². The van der Waals surface area contributed by atoms with Crippen molar-refractivity contribution in [1.82, 2.24) is 0 Å². The second kappa shape index (κ2) is 5.48. The number of ether oxygens (including phenoxy) is 2. The molecular formula is C17H16O4. The molecule has 0 saturated heterocycles. The first kappa shape index (κ1) is 13.5. The molecule has 0 unspecified atom stereocenters. The van der Waals surface area contributed by atoms with Crippen LogP contribution in [0.4, 0.5) is 0 Å². The lowest BCUT2D eigenvalue weighted by Crippen LogP contribution is -1.97. The van der Waals surface area contributed by atoms with Crippen LogP contribution in [-0.2, 0) is 0 Å². The van der Waals surface area contributed by atoms with Gasteiger partial charge in [0.15, 0.2) is 11.5 Å². The van der Waals surface area contributed by atoms with E-state index in [4.69, 9.17) is 14.6 Å². The van der Waals surface area contributed by atoms with Crippen LogP contribution in [0.5, 0.6) is 11.5 Å². The fourth-order valence-electron chi connectivity index (χ4n) is 2.45. The van der Waals surface area contributed by atoms with Crippen LogP contribution < -0.4 is 9.47 Å². The van der Waals surface area contributed by atoms with E-state index in [9.17, 15) is 4.79 Å². The molecule has 21 heavy (non-hydrogen) atoms. The fraction of sp³-hybridized carbons (Fsp3) is 0.235. The zero-order chi connectivity index (χ0) is 14.8. The summed E-state index contributed by atoms with van der Waals surface area (Å²) in [4.78, 5) is 11.0. The number of aromatic carboxylic acids is 1. The average Bonchev–Trinajstić information content (AvgIpc) is 2.71. The lowest BCUT2D eigenvalue weighted by Gasteiger charge is -2.11. The maximum absolute atomic E-state index is 11.0. The van der Waals surface area contributed by atoms with Gasteiger partial charge in [0.05, 0.1) is 18.8 Å². The van der Waals surface area contributed by atoms with Crippen molar-refractivity contribution in [1.29, 1.82) is 0 Å². The first-order chi connectivity index (χ1) is 10.1. The third-order valence-corrected chi connectivity index (χ3v) is 3.53. The minimum atomic E-state index is -0.914. The monoisotopic (exact) mass is 284 g/mol. The average molecular weight is 284 g/mol. The van der Waals surface area contributed by atoms with Gasteiger partial charge in [0.1, 0.15) is 0 Å². The minimum Gasteiger partial charge on any atom is -0.490 e. The number of fused-ring (bicyclic) bond motifs is 1. The van der Waals surface area contributed by atoms with E-state index < -0.39 is 5.97 Å². The standard InChI is InChI=1S/C17H16O4/c1-11-9-13(17(18)19)3-5-14(11)12-4-6-15-16(10-12)21-8-2-7-20-15/h3-6,9-10H,2,7-8H2,1H3,(H,18,19). The van der Waals surface area contributed by atoms with E-state index in [1.807, 2.05) is 31.2 Å². The normalized spacial score (nSPS) is 13.6. The summed E-state index contributed by atoms with van der Waals surface area (Å²) in [5, 5.41) is 9.02. The van der Waals surface area contributed by atoms with Gasteiger partial charge in [-0.05, 0) is 47.9 Å². The maximum atomic E-state index is 11.0. The fourth-order valence-corrected chi connectivity index (χ4v) is 2.45. The molecule has 0 saturated carbocycles. The molecule has 0 atom stereocenters. The molecule has 108 valence electrons. The summed E-state index contributed by atoms with van der Waals surface area (Å²) in [6.45, 7) is 3.22. The summed E-state index contributed by atoms with van der Waals surface area (Å²) in [5.74, 6) is 0.589. The molecule has 4 heteroatoms. The summed E-state index contributed by atoms with van der Waals surface area (Å²) >= 11 is 0. The highest BCUT2D eigenvalue weighted by Crippen LogP contribution is 2.35. The Morgan fingerprint density at radius 3 is 2.52 bits per heavy atom. The van der Waals surface area contributed by atoms with Crippen LogP contribution in [0.2, 0.25) is 0 Å². The third-order valence-electron chi connectivity index (χ3n) is 3.53. The van der Waals surface area contributed by atoms with Gasteiger partial charge in [-0.1, -0.05) is 12.1 Å². The number of carboxylic acids is 1. The smallest absolute Gasteiger partial charge is 0.335 e. The van der Waals surface area contributed by atoms with Crippen molar-refractivity contribution in [2.24, 2.45) is 0 Å². The van der Waals surface area contributed by atoms with E-state index in [1.54, 1.807) is 12.1 Å². The van der Waals surface area contributed by atoms with E-state index in [-0.39, 0.29) is 0 Å². The first-order valence-electron chi connectivity index (χ1n) is 6.89. The summed E-state index contributed by atoms with van der Waals surface area (Å²) in [6, 6.07) is 11.0. The molecule has 3 rings (SSSR count). The summed E-state index contributed by atoms with van der Waals surface area (Å²) in [5.41, 5.74) is 3.21. The summed E-state index contributed by atoms with van der Waals surface area (Å²) in [7, 11) is 0. The highest BCUT2D eigenvalue weighted by atomic mass is 16.5. The molecule has 0 amide bonds. The Morgan fingerprint density at radius 1 is 1.05 bits per heavy atom. The van der Waals surface area contributed by atoms with Gasteiger partial charge in [0, 0.05) is 6.42 Å². The molecule has 0 spiro atoms. The molecule has 2 aromatic carbocycles. The van der Waals surface area contributed by atoms with Crippen LogP contribution in [0.15, 0.2) is 36.4 Å². The molecule has 2 aromatic rings. The summed E-state index contributed by atoms with van der Waals surface area (Å²) in [6.07, 6.45) is 0.871. The van der Waals surface area contributed by atoms with E-state index in [1.165, 1.54) is 0 Å². The Kier molecular flexibility index (Phi) is 3.52. The van der Waals surface area contributed by atoms with Crippen LogP contribution in [0, 0.1) is 6.92 Å². The molecule has 0 fully saturated rings. The second-order valence-corrected chi connectivity index (χ2v) is 5.05. The number of rotatable bonds is 2. The van der Waals surface area contributed by atoms with Crippen molar-refractivity contribution in [3.63, 3.8) is 0 Å². The number of hydrogen-bond acceptors (Lipinski definition) is 3. The zero-order valence-electron chi connectivity index (χ0n) is 11.8. The number of hydrogen-bond donors (Lipinski definition) is 1. The van der Waals surface area contributed by atoms with E-state index in [2.05, 4.69) is 0 Å². The van der Waals surface area contributed by atoms with Gasteiger partial charge in [-0.25, -0.2) is 4.79 Å². The SMILES string of the molecule is Cc1cc(C(=O)O)ccc1-c1ccc2c(c1)OCCCO2. The summed E-state index contributed by atoms with van der Waals surface area (Å²) < 4.78 is 11.3. The zero-order valence-corrected chi connectivity index (χ0v) is 11.8. The van der Waals surface area contributed by atoms with Crippen molar-refractivity contribution in [2.45, 2.75) is 13.3 Å². The first-order valence-corrected chi connectivity index (χ1v) is 6.89. The molecule has 0 aliphatic carbocycles. The van der Waals surface area contributed by atoms with E-state index in [0.717, 1.165) is 34.6 Å². The highest BCUT2D eigenvalue weighted by Gasteiger charge is 2.13. The molecule has 1 N–H and O–H groups in total. The Bertz CT molecular complexity index is 691. The molecule has 4 nitrogen and oxygen atoms in total. The van der Waals surface area contributed by atoms with Gasteiger partial charge in [-0.15, -0.1) is 0 Å². The van der Waals surface area contributed by atoms with Crippen LogP contribution in [0.25, 0.3) is 11.1 Å². The highest BCUT2D eigenvalue weighted by molar-refractivity contribution is 5.89. The van der Waals surface area contributed by atoms with Gasteiger partial charge in [0.2, 0.25) is 0 Å². The lowest BCUT2D eigenvalue weighted by atomic mass is 9.98. The molecule has 0 radical (unpaired) electrons. The lowest BCUT2D eigenvalue weighted by molar-refractivity contribution is 0.0697. The number of benzene rings is 2. The topological polar surface area (TPSA) is 55.8 Å². The predicted molar refractivity (Wildman–Crippen MR) is 79.2 cm³/mol. The van der Waals surface area contributed by atoms with Crippen molar-refractivity contribution in [3.8, 4) is 22.6 Å². The maximum Gasteiger partial charge on any atom is 0.335 e. The number of aryl methyl sites for hydroxylation is 1. The van der Waals surface area contributed by atoms with Crippen molar-refractivity contribution in [3.05, 3.63) is 47.5 Å². The van der Waals surface area contributed by atoms with Crippen LogP contribution in [0.3, 0.4) is 0 Å². The van der Waals surface area contributed by atoms with Crippen LogP contribution in [0.1, 0.15) is 22.3 Å². The van der Waals surface area contributed by atoms with Crippen LogP contribution >= 0.6 is 0 Å². The molecule has 1 heterocycles. The van der Waals surface area contributed by atoms with Crippen molar-refractivity contribution >= 4 is 5.97 Å². The van der Waals surface area contributed by atoms with E-state index >= 15 is 0 Å². The second-order valence-electron chi connectivity index (χ2n) is 5.05. The number of carboxylic acid groups (broad SMARTS) is 1. The van der Waals surface area contributed by atoms with Gasteiger partial charge < -0.3 is 14.6 Å². The van der Waals surface area contributed by atoms with Gasteiger partial charge in [0.25, 0.3) is 0 Å². The van der Waals surface area contributed by atoms with Crippen molar-refractivity contribution < 1.29 is 19.4 Å². The Morgan fingerprint density at radius 2 is 1.81 bits per heavy atom. The largest absolute Gasteiger partial charge is 0.490 e. The molecular weight excluding hydrogens is 268 g/mol. The third kappa shape index (κ3) is 2.70. The minimum absolute atomic E-state index is 0.297. The van der Waals surface area contributed by atoms with Gasteiger partial charge >= 0.3 is 5.97 Å². The Labute approximate surface area is 122 Å². The molecule has 0 aromatic heterocycles.